The molecule has 0 rings (SSSR count). The van der Waals surface area contributed by atoms with E-state index in [0.717, 1.165) is 6.42 Å². The lowest BCUT2D eigenvalue weighted by atomic mass is 9.98. The Balaban J connectivity index is 4.46. The normalized spacial score (nSPS) is 15.0. The molecule has 0 aromatic rings. The van der Waals surface area contributed by atoms with Gasteiger partial charge in [-0.25, -0.2) is 4.79 Å². The highest BCUT2D eigenvalue weighted by atomic mass is 16.6. The van der Waals surface area contributed by atoms with E-state index in [0.29, 0.717) is 19.3 Å². The summed E-state index contributed by atoms with van der Waals surface area (Å²) in [6.45, 7) is 7.58. The van der Waals surface area contributed by atoms with Gasteiger partial charge in [0, 0.05) is 6.42 Å². The zero-order valence-electron chi connectivity index (χ0n) is 11.9. The Bertz CT molecular complexity index is 288. The number of nitrogens with two attached hydrogens (primary N) is 2. The monoisotopic (exact) mass is 258 g/mol. The summed E-state index contributed by atoms with van der Waals surface area (Å²) in [7, 11) is 0. The van der Waals surface area contributed by atoms with E-state index in [4.69, 9.17) is 16.2 Å². The molecule has 0 heterocycles. The maximum atomic E-state index is 11.7. The summed E-state index contributed by atoms with van der Waals surface area (Å²) < 4.78 is 5.13. The van der Waals surface area contributed by atoms with Gasteiger partial charge in [0.25, 0.3) is 0 Å². The molecular formula is C13H26N2O3. The molecule has 106 valence electrons. The molecule has 18 heavy (non-hydrogen) atoms. The third-order valence-electron chi connectivity index (χ3n) is 3.35. The molecule has 0 bridgehead atoms. The highest BCUT2D eigenvalue weighted by Crippen LogP contribution is 2.15. The van der Waals surface area contributed by atoms with Gasteiger partial charge in [-0.3, -0.25) is 10.5 Å². The first-order chi connectivity index (χ1) is 8.29. The maximum Gasteiger partial charge on any atom is 0.332 e. The van der Waals surface area contributed by atoms with Gasteiger partial charge in [0.2, 0.25) is 0 Å². The molecule has 2 atom stereocenters. The Kier molecular flexibility index (Phi) is 7.09. The van der Waals surface area contributed by atoms with Gasteiger partial charge in [-0.15, -0.1) is 0 Å². The number of ether oxygens (including phenoxy) is 1. The van der Waals surface area contributed by atoms with Gasteiger partial charge in [-0.05, 0) is 18.8 Å². The summed E-state index contributed by atoms with van der Waals surface area (Å²) >= 11 is 0. The van der Waals surface area contributed by atoms with Crippen LogP contribution in [0.15, 0.2) is 0 Å². The van der Waals surface area contributed by atoms with Crippen LogP contribution in [0.1, 0.15) is 53.4 Å². The third kappa shape index (κ3) is 5.14. The molecule has 0 aliphatic carbocycles. The van der Waals surface area contributed by atoms with E-state index in [1.54, 1.807) is 0 Å². The Labute approximate surface area is 109 Å². The first-order valence-electron chi connectivity index (χ1n) is 6.59. The fourth-order valence-electron chi connectivity index (χ4n) is 1.40. The molecule has 5 heteroatoms. The Morgan fingerprint density at radius 1 is 1.22 bits per heavy atom. The predicted octanol–water partition coefficient (Wildman–Crippen LogP) is 1.34. The predicted molar refractivity (Wildman–Crippen MR) is 70.6 cm³/mol. The lowest BCUT2D eigenvalue weighted by Gasteiger charge is -2.27. The largest absolute Gasteiger partial charge is 0.443 e. The van der Waals surface area contributed by atoms with Crippen molar-refractivity contribution in [1.29, 1.82) is 0 Å². The molecule has 0 aromatic carbocycles. The second-order valence-electron chi connectivity index (χ2n) is 4.85. The van der Waals surface area contributed by atoms with Crippen LogP contribution in [-0.2, 0) is 14.3 Å². The molecule has 4 N–H and O–H groups in total. The zero-order valence-corrected chi connectivity index (χ0v) is 11.9. The molecule has 0 saturated carbocycles. The highest BCUT2D eigenvalue weighted by Gasteiger charge is 2.31. The van der Waals surface area contributed by atoms with E-state index in [1.165, 1.54) is 0 Å². The summed E-state index contributed by atoms with van der Waals surface area (Å²) in [5.41, 5.74) is 10.4. The molecule has 0 saturated heterocycles. The Morgan fingerprint density at radius 2 is 1.72 bits per heavy atom. The number of hydrogen-bond acceptors (Lipinski definition) is 5. The summed E-state index contributed by atoms with van der Waals surface area (Å²) in [6, 6.07) is -1.22. The van der Waals surface area contributed by atoms with Gasteiger partial charge in [0.1, 0.15) is 0 Å². The lowest BCUT2D eigenvalue weighted by Crippen LogP contribution is -2.49. The van der Waals surface area contributed by atoms with Crippen molar-refractivity contribution in [3.63, 3.8) is 0 Å². The van der Waals surface area contributed by atoms with Crippen LogP contribution in [0.3, 0.4) is 0 Å². The molecule has 0 radical (unpaired) electrons. The zero-order chi connectivity index (χ0) is 14.3. The van der Waals surface area contributed by atoms with Crippen molar-refractivity contribution in [2.45, 2.75) is 65.1 Å². The van der Waals surface area contributed by atoms with E-state index < -0.39 is 17.7 Å². The topological polar surface area (TPSA) is 95.4 Å². The number of esters is 1. The van der Waals surface area contributed by atoms with E-state index >= 15 is 0 Å². The van der Waals surface area contributed by atoms with Crippen LogP contribution in [0, 0.1) is 5.92 Å². The minimum Gasteiger partial charge on any atom is -0.443 e. The smallest absolute Gasteiger partial charge is 0.332 e. The average Bonchev–Trinajstić information content (AvgIpc) is 2.37. The van der Waals surface area contributed by atoms with E-state index in [-0.39, 0.29) is 11.7 Å². The molecule has 0 aromatic heterocycles. The van der Waals surface area contributed by atoms with E-state index in [2.05, 4.69) is 0 Å². The highest BCUT2D eigenvalue weighted by molar-refractivity contribution is 6.03. The van der Waals surface area contributed by atoms with Crippen molar-refractivity contribution < 1.29 is 14.3 Å². The molecule has 0 fully saturated rings. The van der Waals surface area contributed by atoms with E-state index in [9.17, 15) is 9.59 Å². The minimum absolute atomic E-state index is 0.219. The molecule has 2 unspecified atom stereocenters. The van der Waals surface area contributed by atoms with Crippen LogP contribution in [-0.4, -0.2) is 23.5 Å². The first-order valence-corrected chi connectivity index (χ1v) is 6.59. The van der Waals surface area contributed by atoms with Crippen molar-refractivity contribution in [1.82, 2.24) is 0 Å². The number of carbonyl (C=O) groups is 2. The van der Waals surface area contributed by atoms with E-state index in [1.807, 2.05) is 27.7 Å². The lowest BCUT2D eigenvalue weighted by molar-refractivity contribution is -0.163. The Morgan fingerprint density at radius 3 is 2.11 bits per heavy atom. The van der Waals surface area contributed by atoms with Gasteiger partial charge in [-0.1, -0.05) is 34.1 Å². The van der Waals surface area contributed by atoms with Crippen molar-refractivity contribution >= 4 is 11.8 Å². The molecule has 0 spiro atoms. The van der Waals surface area contributed by atoms with Gasteiger partial charge >= 0.3 is 5.97 Å². The average molecular weight is 258 g/mol. The molecule has 0 aliphatic rings. The molecular weight excluding hydrogens is 232 g/mol. The van der Waals surface area contributed by atoms with Crippen LogP contribution in [0.4, 0.5) is 0 Å². The van der Waals surface area contributed by atoms with Crippen LogP contribution in [0.25, 0.3) is 0 Å². The summed E-state index contributed by atoms with van der Waals surface area (Å²) in [5, 5.41) is 0. The third-order valence-corrected chi connectivity index (χ3v) is 3.35. The fraction of sp³-hybridized carbons (Fsp3) is 0.846. The van der Waals surface area contributed by atoms with Crippen LogP contribution >= 0.6 is 0 Å². The molecule has 0 amide bonds. The second kappa shape index (κ2) is 7.48. The first kappa shape index (κ1) is 17.1. The SMILES string of the molecule is CCC(C)CC(=O)C(N)C(=O)OC(N)(CC)CC. The summed E-state index contributed by atoms with van der Waals surface area (Å²) in [4.78, 5) is 23.5. The van der Waals surface area contributed by atoms with Gasteiger partial charge in [0.05, 0.1) is 0 Å². The van der Waals surface area contributed by atoms with Crippen LogP contribution in [0.2, 0.25) is 0 Å². The number of carbonyl (C=O) groups excluding carboxylic acids is 2. The number of ketones is 1. The van der Waals surface area contributed by atoms with Gasteiger partial charge < -0.3 is 10.5 Å². The fourth-order valence-corrected chi connectivity index (χ4v) is 1.40. The van der Waals surface area contributed by atoms with Crippen LogP contribution in [0.5, 0.6) is 0 Å². The van der Waals surface area contributed by atoms with Crippen molar-refractivity contribution in [3.8, 4) is 0 Å². The molecule has 5 nitrogen and oxygen atoms in total. The molecule has 0 aliphatic heterocycles. The van der Waals surface area contributed by atoms with Gasteiger partial charge in [0.15, 0.2) is 17.6 Å². The summed E-state index contributed by atoms with van der Waals surface area (Å²) in [5.74, 6) is -0.797. The summed E-state index contributed by atoms with van der Waals surface area (Å²) in [6.07, 6.45) is 2.14. The van der Waals surface area contributed by atoms with Crippen molar-refractivity contribution in [2.24, 2.45) is 17.4 Å². The number of Topliss-reactive ketones (excluding diaryl/α,β-unsaturated/α-hetero) is 1. The minimum atomic E-state index is -1.22. The van der Waals surface area contributed by atoms with Crippen molar-refractivity contribution in [2.75, 3.05) is 0 Å². The number of hydrogen-bond donors (Lipinski definition) is 2. The van der Waals surface area contributed by atoms with Crippen molar-refractivity contribution in [3.05, 3.63) is 0 Å². The maximum absolute atomic E-state index is 11.7. The second-order valence-corrected chi connectivity index (χ2v) is 4.85. The standard InChI is InChI=1S/C13H26N2O3/c1-5-9(4)8-10(16)11(14)12(17)18-13(15,6-2)7-3/h9,11H,5-8,14-15H2,1-4H3. The number of rotatable bonds is 8. The Hall–Kier alpha value is -0.940. The quantitative estimate of drug-likeness (QED) is 0.389. The van der Waals surface area contributed by atoms with Gasteiger partial charge in [-0.2, -0.15) is 0 Å². The van der Waals surface area contributed by atoms with Crippen LogP contribution < -0.4 is 11.5 Å².